The van der Waals surface area contributed by atoms with Crippen LogP contribution in [-0.2, 0) is 22.9 Å². The number of nitrogens with zero attached hydrogens (tertiary/aromatic N) is 3. The summed E-state index contributed by atoms with van der Waals surface area (Å²) >= 11 is 0. The van der Waals surface area contributed by atoms with Crippen LogP contribution in [0.5, 0.6) is 5.75 Å². The first-order valence-corrected chi connectivity index (χ1v) is 10.2. The lowest BCUT2D eigenvalue weighted by atomic mass is 9.81. The molecule has 0 radical (unpaired) electrons. The van der Waals surface area contributed by atoms with E-state index in [0.717, 1.165) is 23.6 Å². The molecule has 9 heteroatoms. The molecule has 0 saturated heterocycles. The molecule has 2 N–H and O–H groups in total. The van der Waals surface area contributed by atoms with Gasteiger partial charge in [0.2, 0.25) is 0 Å². The average Bonchev–Trinajstić information content (AvgIpc) is 3.37. The molecular formula is C24H19F3N4O2. The quantitative estimate of drug-likeness (QED) is 0.657. The average molecular weight is 452 g/mol. The highest BCUT2D eigenvalue weighted by molar-refractivity contribution is 6.09. The van der Waals surface area contributed by atoms with Crippen LogP contribution < -0.4 is 10.5 Å². The van der Waals surface area contributed by atoms with Crippen molar-refractivity contribution in [1.82, 2.24) is 9.88 Å². The molecule has 1 atom stereocenters. The summed E-state index contributed by atoms with van der Waals surface area (Å²) in [5.74, 6) is 0.376. The fourth-order valence-electron chi connectivity index (χ4n) is 4.38. The summed E-state index contributed by atoms with van der Waals surface area (Å²) in [6.45, 7) is 0.543. The number of alkyl halides is 3. The van der Waals surface area contributed by atoms with E-state index in [1.165, 1.54) is 18.1 Å². The van der Waals surface area contributed by atoms with Crippen molar-refractivity contribution in [3.8, 4) is 16.9 Å². The minimum Gasteiger partial charge on any atom is -0.493 e. The summed E-state index contributed by atoms with van der Waals surface area (Å²) in [5.41, 5.74) is 5.81. The van der Waals surface area contributed by atoms with Gasteiger partial charge in [-0.05, 0) is 46.5 Å². The van der Waals surface area contributed by atoms with Crippen LogP contribution in [0.15, 0.2) is 65.9 Å². The van der Waals surface area contributed by atoms with Crippen LogP contribution in [0.4, 0.5) is 13.2 Å². The van der Waals surface area contributed by atoms with Gasteiger partial charge in [-0.25, -0.2) is 4.99 Å². The van der Waals surface area contributed by atoms with Crippen LogP contribution in [0, 0.1) is 0 Å². The Morgan fingerprint density at radius 2 is 1.91 bits per heavy atom. The molecule has 0 bridgehead atoms. The number of guanidine groups is 1. The van der Waals surface area contributed by atoms with Gasteiger partial charge in [0, 0.05) is 31.4 Å². The lowest BCUT2D eigenvalue weighted by molar-refractivity contribution is -0.137. The molecule has 0 aliphatic carbocycles. The summed E-state index contributed by atoms with van der Waals surface area (Å²) in [5, 5.41) is 0. The number of fused-ring (bicyclic) bond motifs is 1. The molecule has 6 nitrogen and oxygen atoms in total. The number of aliphatic imine (C=N–C) groups is 1. The minimum atomic E-state index is -4.56. The summed E-state index contributed by atoms with van der Waals surface area (Å²) in [6.07, 6.45) is -1.60. The zero-order valence-electron chi connectivity index (χ0n) is 17.6. The number of hydrogen-bond donors (Lipinski definition) is 1. The second-order valence-electron chi connectivity index (χ2n) is 7.97. The molecule has 168 valence electrons. The van der Waals surface area contributed by atoms with Gasteiger partial charge in [-0.1, -0.05) is 24.3 Å². The molecule has 33 heavy (non-hydrogen) atoms. The highest BCUT2D eigenvalue weighted by Crippen LogP contribution is 2.43. The first kappa shape index (κ1) is 21.0. The van der Waals surface area contributed by atoms with Crippen molar-refractivity contribution in [3.05, 3.63) is 83.2 Å². The predicted octanol–water partition coefficient (Wildman–Crippen LogP) is 3.73. The fourth-order valence-corrected chi connectivity index (χ4v) is 4.38. The Balaban J connectivity index is 1.72. The normalized spacial score (nSPS) is 19.9. The maximum absolute atomic E-state index is 13.6. The standard InChI is InChI=1S/C24H19F3N4O2/c1-31-21(32)23(30-22(31)28,17-5-6-20-15(12-17)8-10-33-20)16-4-2-3-14(11-16)18-13-29-9-7-19(18)24(25,26)27/h2-7,9,11-13H,8,10H2,1H3,(H2,28,30). The van der Waals surface area contributed by atoms with Crippen LogP contribution in [0.1, 0.15) is 22.3 Å². The van der Waals surface area contributed by atoms with Gasteiger partial charge in [-0.15, -0.1) is 0 Å². The van der Waals surface area contributed by atoms with Gasteiger partial charge in [-0.3, -0.25) is 14.7 Å². The molecule has 0 spiro atoms. The molecule has 2 aliphatic heterocycles. The molecule has 1 amide bonds. The van der Waals surface area contributed by atoms with Crippen molar-refractivity contribution in [2.45, 2.75) is 18.1 Å². The second-order valence-corrected chi connectivity index (χ2v) is 7.97. The molecule has 3 heterocycles. The number of hydrogen-bond acceptors (Lipinski definition) is 5. The van der Waals surface area contributed by atoms with Gasteiger partial charge < -0.3 is 10.5 Å². The van der Waals surface area contributed by atoms with E-state index >= 15 is 0 Å². The number of carbonyl (C=O) groups excluding carboxylic acids is 1. The van der Waals surface area contributed by atoms with Gasteiger partial charge >= 0.3 is 6.18 Å². The number of nitrogens with two attached hydrogens (primary N) is 1. The molecule has 5 rings (SSSR count). The summed E-state index contributed by atoms with van der Waals surface area (Å²) in [7, 11) is 1.52. The highest BCUT2D eigenvalue weighted by atomic mass is 19.4. The largest absolute Gasteiger partial charge is 0.493 e. The molecule has 1 unspecified atom stereocenters. The summed E-state index contributed by atoms with van der Waals surface area (Å²) in [6, 6.07) is 12.7. The molecule has 1 aromatic heterocycles. The Hall–Kier alpha value is -3.88. The SMILES string of the molecule is CN1C(=O)C(c2cccc(-c3cnccc3C(F)(F)F)c2)(c2ccc3c(c2)CCO3)N=C1N. The number of benzene rings is 2. The van der Waals surface area contributed by atoms with E-state index in [0.29, 0.717) is 24.2 Å². The van der Waals surface area contributed by atoms with E-state index in [4.69, 9.17) is 10.5 Å². The zero-order chi connectivity index (χ0) is 23.4. The predicted molar refractivity (Wildman–Crippen MR) is 115 cm³/mol. The van der Waals surface area contributed by atoms with E-state index in [-0.39, 0.29) is 17.1 Å². The minimum absolute atomic E-state index is 0.0273. The maximum Gasteiger partial charge on any atom is 0.417 e. The van der Waals surface area contributed by atoms with Crippen molar-refractivity contribution in [3.63, 3.8) is 0 Å². The van der Waals surface area contributed by atoms with E-state index in [9.17, 15) is 18.0 Å². The highest BCUT2D eigenvalue weighted by Gasteiger charge is 2.50. The third kappa shape index (κ3) is 3.23. The van der Waals surface area contributed by atoms with Gasteiger partial charge in [0.05, 0.1) is 12.2 Å². The van der Waals surface area contributed by atoms with Crippen LogP contribution in [0.25, 0.3) is 11.1 Å². The van der Waals surface area contributed by atoms with Crippen molar-refractivity contribution >= 4 is 11.9 Å². The van der Waals surface area contributed by atoms with E-state index in [2.05, 4.69) is 9.98 Å². The van der Waals surface area contributed by atoms with Crippen molar-refractivity contribution in [2.75, 3.05) is 13.7 Å². The van der Waals surface area contributed by atoms with Gasteiger partial charge in [-0.2, -0.15) is 13.2 Å². The Bertz CT molecular complexity index is 1300. The molecule has 2 aliphatic rings. The Morgan fingerprint density at radius 1 is 1.12 bits per heavy atom. The lowest BCUT2D eigenvalue weighted by Gasteiger charge is -2.27. The number of likely N-dealkylation sites (N-methyl/N-ethyl adjacent to an activating group) is 1. The third-order valence-electron chi connectivity index (χ3n) is 6.07. The van der Waals surface area contributed by atoms with Crippen LogP contribution in [0.2, 0.25) is 0 Å². The number of amides is 1. The number of rotatable bonds is 3. The molecular weight excluding hydrogens is 433 g/mol. The first-order valence-electron chi connectivity index (χ1n) is 10.2. The molecule has 0 saturated carbocycles. The second kappa shape index (κ2) is 7.33. The number of ether oxygens (including phenoxy) is 1. The van der Waals surface area contributed by atoms with Gasteiger partial charge in [0.1, 0.15) is 5.75 Å². The monoisotopic (exact) mass is 452 g/mol. The van der Waals surface area contributed by atoms with Gasteiger partial charge in [0.15, 0.2) is 11.5 Å². The Labute approximate surface area is 187 Å². The van der Waals surface area contributed by atoms with Crippen LogP contribution in [-0.4, -0.2) is 35.4 Å². The summed E-state index contributed by atoms with van der Waals surface area (Å²) in [4.78, 5) is 23.2. The Kier molecular flexibility index (Phi) is 4.66. The van der Waals surface area contributed by atoms with Crippen molar-refractivity contribution < 1.29 is 22.7 Å². The van der Waals surface area contributed by atoms with Gasteiger partial charge in [0.25, 0.3) is 5.91 Å². The molecule has 3 aromatic rings. The molecule has 0 fully saturated rings. The van der Waals surface area contributed by atoms with Crippen molar-refractivity contribution in [1.29, 1.82) is 0 Å². The van der Waals surface area contributed by atoms with Crippen LogP contribution in [0.3, 0.4) is 0 Å². The fraction of sp³-hybridized carbons (Fsp3) is 0.208. The van der Waals surface area contributed by atoms with Crippen LogP contribution >= 0.6 is 0 Å². The zero-order valence-corrected chi connectivity index (χ0v) is 17.6. The third-order valence-corrected chi connectivity index (χ3v) is 6.07. The van der Waals surface area contributed by atoms with Crippen molar-refractivity contribution in [2.24, 2.45) is 10.7 Å². The maximum atomic E-state index is 13.6. The number of carbonyl (C=O) groups is 1. The number of pyridine rings is 1. The Morgan fingerprint density at radius 3 is 2.64 bits per heavy atom. The lowest BCUT2D eigenvalue weighted by Crippen LogP contribution is -2.41. The summed E-state index contributed by atoms with van der Waals surface area (Å²) < 4.78 is 46.5. The smallest absolute Gasteiger partial charge is 0.417 e. The van der Waals surface area contributed by atoms with E-state index in [1.807, 2.05) is 6.07 Å². The van der Waals surface area contributed by atoms with E-state index < -0.39 is 23.2 Å². The number of halogens is 3. The topological polar surface area (TPSA) is 80.8 Å². The molecule has 2 aromatic carbocycles. The first-order chi connectivity index (χ1) is 15.7. The van der Waals surface area contributed by atoms with E-state index in [1.54, 1.807) is 36.4 Å². The number of aromatic nitrogens is 1.